The Morgan fingerprint density at radius 1 is 1.31 bits per heavy atom. The zero-order valence-electron chi connectivity index (χ0n) is 8.12. The first kappa shape index (κ1) is 12.2. The van der Waals surface area contributed by atoms with Crippen molar-refractivity contribution in [3.63, 3.8) is 0 Å². The van der Waals surface area contributed by atoms with Gasteiger partial charge in [-0.25, -0.2) is 0 Å². The summed E-state index contributed by atoms with van der Waals surface area (Å²) in [4.78, 5) is 0. The Kier molecular flexibility index (Phi) is 8.78. The summed E-state index contributed by atoms with van der Waals surface area (Å²) >= 11 is 0. The molecule has 0 atom stereocenters. The van der Waals surface area contributed by atoms with Crippen LogP contribution < -0.4 is 0 Å². The van der Waals surface area contributed by atoms with Crippen LogP contribution in [0.2, 0.25) is 0 Å². The van der Waals surface area contributed by atoms with Crippen LogP contribution in [0, 0.1) is 0 Å². The van der Waals surface area contributed by atoms with Crippen molar-refractivity contribution in [3.05, 3.63) is 17.6 Å². The minimum absolute atomic E-state index is 0.140. The molecule has 0 aromatic heterocycles. The SMILES string of the molecule is COC(=C=CCCO)CCCCO. The van der Waals surface area contributed by atoms with Gasteiger partial charge >= 0.3 is 0 Å². The van der Waals surface area contributed by atoms with Crippen LogP contribution in [0.25, 0.3) is 0 Å². The molecular formula is C10H18O3. The number of aliphatic hydroxyl groups excluding tert-OH is 2. The molecule has 0 aliphatic rings. The molecule has 0 radical (unpaired) electrons. The van der Waals surface area contributed by atoms with Gasteiger partial charge in [0.05, 0.1) is 7.11 Å². The average Bonchev–Trinajstić information content (AvgIpc) is 2.16. The Bertz CT molecular complexity index is 169. The minimum Gasteiger partial charge on any atom is -0.493 e. The average molecular weight is 186 g/mol. The zero-order valence-corrected chi connectivity index (χ0v) is 8.12. The van der Waals surface area contributed by atoms with Crippen molar-refractivity contribution >= 4 is 0 Å². The van der Waals surface area contributed by atoms with E-state index >= 15 is 0 Å². The van der Waals surface area contributed by atoms with Crippen molar-refractivity contribution in [1.29, 1.82) is 0 Å². The molecule has 0 amide bonds. The quantitative estimate of drug-likeness (QED) is 0.357. The first-order valence-corrected chi connectivity index (χ1v) is 4.55. The molecule has 3 heteroatoms. The van der Waals surface area contributed by atoms with Crippen LogP contribution in [0.15, 0.2) is 17.6 Å². The smallest absolute Gasteiger partial charge is 0.137 e. The molecule has 0 heterocycles. The largest absolute Gasteiger partial charge is 0.493 e. The van der Waals surface area contributed by atoms with Crippen LogP contribution in [0.5, 0.6) is 0 Å². The second kappa shape index (κ2) is 9.33. The maximum atomic E-state index is 8.55. The molecule has 0 fully saturated rings. The summed E-state index contributed by atoms with van der Waals surface area (Å²) in [5.41, 5.74) is 2.96. The molecule has 0 aromatic rings. The van der Waals surface area contributed by atoms with E-state index in [0.29, 0.717) is 6.42 Å². The first-order chi connectivity index (χ1) is 6.35. The molecule has 13 heavy (non-hydrogen) atoms. The Balaban J connectivity index is 3.79. The molecule has 0 saturated carbocycles. The highest BCUT2D eigenvalue weighted by molar-refractivity contribution is 4.93. The van der Waals surface area contributed by atoms with Crippen molar-refractivity contribution in [3.8, 4) is 0 Å². The highest BCUT2D eigenvalue weighted by Gasteiger charge is 1.93. The fourth-order valence-electron chi connectivity index (χ4n) is 0.881. The molecule has 0 aromatic carbocycles. The summed E-state index contributed by atoms with van der Waals surface area (Å²) in [7, 11) is 1.61. The molecule has 0 saturated heterocycles. The van der Waals surface area contributed by atoms with Gasteiger partial charge in [0.2, 0.25) is 0 Å². The minimum atomic E-state index is 0.140. The lowest BCUT2D eigenvalue weighted by molar-refractivity contribution is 0.258. The summed E-state index contributed by atoms with van der Waals surface area (Å²) in [6.45, 7) is 0.359. The highest BCUT2D eigenvalue weighted by atomic mass is 16.5. The first-order valence-electron chi connectivity index (χ1n) is 4.55. The Morgan fingerprint density at radius 2 is 2.08 bits per heavy atom. The Labute approximate surface area is 79.3 Å². The van der Waals surface area contributed by atoms with E-state index in [1.54, 1.807) is 13.2 Å². The van der Waals surface area contributed by atoms with Crippen LogP contribution >= 0.6 is 0 Å². The lowest BCUT2D eigenvalue weighted by atomic mass is 10.2. The molecular weight excluding hydrogens is 168 g/mol. The Morgan fingerprint density at radius 3 is 2.62 bits per heavy atom. The van der Waals surface area contributed by atoms with E-state index in [2.05, 4.69) is 5.73 Å². The van der Waals surface area contributed by atoms with Crippen LogP contribution in [0.1, 0.15) is 25.7 Å². The molecule has 0 aliphatic carbocycles. The topological polar surface area (TPSA) is 49.7 Å². The van der Waals surface area contributed by atoms with E-state index in [4.69, 9.17) is 14.9 Å². The van der Waals surface area contributed by atoms with E-state index in [1.165, 1.54) is 0 Å². The van der Waals surface area contributed by atoms with Crippen molar-refractivity contribution in [2.24, 2.45) is 0 Å². The summed E-state index contributed by atoms with van der Waals surface area (Å²) in [6, 6.07) is 0. The molecule has 0 aliphatic heterocycles. The summed E-state index contributed by atoms with van der Waals surface area (Å²) in [6.07, 6.45) is 4.85. The predicted molar refractivity (Wildman–Crippen MR) is 51.2 cm³/mol. The van der Waals surface area contributed by atoms with Gasteiger partial charge < -0.3 is 14.9 Å². The van der Waals surface area contributed by atoms with E-state index < -0.39 is 0 Å². The van der Waals surface area contributed by atoms with Gasteiger partial charge in [-0.15, -0.1) is 0 Å². The van der Waals surface area contributed by atoms with Gasteiger partial charge in [0.1, 0.15) is 5.76 Å². The fraction of sp³-hybridized carbons (Fsp3) is 0.700. The number of rotatable bonds is 7. The lowest BCUT2D eigenvalue weighted by Crippen LogP contribution is -1.88. The molecule has 76 valence electrons. The van der Waals surface area contributed by atoms with Crippen molar-refractivity contribution in [1.82, 2.24) is 0 Å². The predicted octanol–water partition coefficient (Wildman–Crippen LogP) is 1.22. The van der Waals surface area contributed by atoms with Crippen LogP contribution in [0.3, 0.4) is 0 Å². The van der Waals surface area contributed by atoms with E-state index in [-0.39, 0.29) is 13.2 Å². The number of unbranched alkanes of at least 4 members (excludes halogenated alkanes) is 1. The van der Waals surface area contributed by atoms with E-state index in [0.717, 1.165) is 25.0 Å². The number of methoxy groups -OCH3 is 1. The van der Waals surface area contributed by atoms with Crippen LogP contribution in [-0.4, -0.2) is 30.5 Å². The molecule has 0 bridgehead atoms. The van der Waals surface area contributed by atoms with Gasteiger partial charge in [0.25, 0.3) is 0 Å². The van der Waals surface area contributed by atoms with Gasteiger partial charge in [-0.2, -0.15) is 0 Å². The highest BCUT2D eigenvalue weighted by Crippen LogP contribution is 2.05. The summed E-state index contributed by atoms with van der Waals surface area (Å²) in [5, 5.41) is 17.1. The van der Waals surface area contributed by atoms with Crippen LogP contribution in [-0.2, 0) is 4.74 Å². The molecule has 0 unspecified atom stereocenters. The van der Waals surface area contributed by atoms with Crippen molar-refractivity contribution in [2.45, 2.75) is 25.7 Å². The van der Waals surface area contributed by atoms with Crippen molar-refractivity contribution in [2.75, 3.05) is 20.3 Å². The second-order valence-electron chi connectivity index (χ2n) is 2.67. The van der Waals surface area contributed by atoms with E-state index in [9.17, 15) is 0 Å². The monoisotopic (exact) mass is 186 g/mol. The number of hydrogen-bond donors (Lipinski definition) is 2. The second-order valence-corrected chi connectivity index (χ2v) is 2.67. The fourth-order valence-corrected chi connectivity index (χ4v) is 0.881. The number of aliphatic hydroxyl groups is 2. The van der Waals surface area contributed by atoms with E-state index in [1.807, 2.05) is 0 Å². The molecule has 2 N–H and O–H groups in total. The third-order valence-corrected chi connectivity index (χ3v) is 1.59. The standard InChI is InChI=1S/C10H18O3/c1-13-10(6-2-4-8-11)7-3-5-9-12/h2,11-12H,3-5,7-9H2,1H3. The molecule has 3 nitrogen and oxygen atoms in total. The summed E-state index contributed by atoms with van der Waals surface area (Å²) < 4.78 is 5.05. The van der Waals surface area contributed by atoms with Gasteiger partial charge in [0, 0.05) is 19.6 Å². The van der Waals surface area contributed by atoms with Gasteiger partial charge in [0.15, 0.2) is 0 Å². The number of ether oxygens (including phenoxy) is 1. The maximum Gasteiger partial charge on any atom is 0.137 e. The van der Waals surface area contributed by atoms with Gasteiger partial charge in [-0.1, -0.05) is 5.73 Å². The van der Waals surface area contributed by atoms with Gasteiger partial charge in [-0.05, 0) is 25.3 Å². The third-order valence-electron chi connectivity index (χ3n) is 1.59. The van der Waals surface area contributed by atoms with Crippen molar-refractivity contribution < 1.29 is 14.9 Å². The maximum absolute atomic E-state index is 8.55. The molecule has 0 rings (SSSR count). The third kappa shape index (κ3) is 7.60. The Hall–Kier alpha value is -0.760. The van der Waals surface area contributed by atoms with Crippen LogP contribution in [0.4, 0.5) is 0 Å². The van der Waals surface area contributed by atoms with Gasteiger partial charge in [-0.3, -0.25) is 0 Å². The zero-order chi connectivity index (χ0) is 9.94. The normalized spacial score (nSPS) is 9.15. The number of hydrogen-bond acceptors (Lipinski definition) is 3. The lowest BCUT2D eigenvalue weighted by Gasteiger charge is -2.01. The molecule has 0 spiro atoms. The summed E-state index contributed by atoms with van der Waals surface area (Å²) in [5.74, 6) is 0.780.